The highest BCUT2D eigenvalue weighted by Gasteiger charge is 2.21. The molecule has 1 atom stereocenters. The standard InChI is InChI=1S/C15H12Cl2FN3/c1-8-6-7-19-15-13(8)20-14(9(2)16)21(15)11-5-3-4-10(17)12(11)18/h3-7,9H,1-2H3. The van der Waals surface area contributed by atoms with E-state index < -0.39 is 11.2 Å². The van der Waals surface area contributed by atoms with Gasteiger partial charge in [0.2, 0.25) is 0 Å². The largest absolute Gasteiger partial charge is 0.276 e. The molecular weight excluding hydrogens is 312 g/mol. The fraction of sp³-hybridized carbons (Fsp3) is 0.200. The summed E-state index contributed by atoms with van der Waals surface area (Å²) in [6.07, 6.45) is 1.67. The van der Waals surface area contributed by atoms with E-state index in [1.165, 1.54) is 6.07 Å². The van der Waals surface area contributed by atoms with Gasteiger partial charge in [-0.3, -0.25) is 4.57 Å². The number of rotatable bonds is 2. The summed E-state index contributed by atoms with van der Waals surface area (Å²) in [7, 11) is 0. The van der Waals surface area contributed by atoms with Crippen LogP contribution in [0.25, 0.3) is 16.9 Å². The van der Waals surface area contributed by atoms with Gasteiger partial charge in [-0.15, -0.1) is 11.6 Å². The SMILES string of the molecule is Cc1ccnc2c1nc(C(C)Cl)n2-c1cccc(Cl)c1F. The second-order valence-corrected chi connectivity index (χ2v) is 5.86. The van der Waals surface area contributed by atoms with Crippen LogP contribution in [0, 0.1) is 12.7 Å². The third-order valence-corrected chi connectivity index (χ3v) is 3.79. The van der Waals surface area contributed by atoms with Crippen LogP contribution in [0.1, 0.15) is 23.7 Å². The molecule has 0 bridgehead atoms. The zero-order chi connectivity index (χ0) is 15.1. The topological polar surface area (TPSA) is 30.7 Å². The van der Waals surface area contributed by atoms with Crippen molar-refractivity contribution < 1.29 is 4.39 Å². The third kappa shape index (κ3) is 2.28. The van der Waals surface area contributed by atoms with Crippen molar-refractivity contribution in [3.05, 3.63) is 52.7 Å². The summed E-state index contributed by atoms with van der Waals surface area (Å²) in [5.41, 5.74) is 2.53. The Morgan fingerprint density at radius 1 is 1.29 bits per heavy atom. The van der Waals surface area contributed by atoms with E-state index in [2.05, 4.69) is 9.97 Å². The molecule has 0 aliphatic carbocycles. The summed E-state index contributed by atoms with van der Waals surface area (Å²) in [5.74, 6) is 0.0231. The van der Waals surface area contributed by atoms with E-state index in [-0.39, 0.29) is 5.02 Å². The Bertz CT molecular complexity index is 827. The van der Waals surface area contributed by atoms with Crippen LogP contribution >= 0.6 is 23.2 Å². The smallest absolute Gasteiger partial charge is 0.165 e. The summed E-state index contributed by atoms with van der Waals surface area (Å²) in [4.78, 5) is 8.84. The van der Waals surface area contributed by atoms with Crippen molar-refractivity contribution in [1.29, 1.82) is 0 Å². The highest BCUT2D eigenvalue weighted by molar-refractivity contribution is 6.30. The first-order valence-corrected chi connectivity index (χ1v) is 7.24. The summed E-state index contributed by atoms with van der Waals surface area (Å²) in [6, 6.07) is 6.68. The van der Waals surface area contributed by atoms with E-state index in [1.807, 2.05) is 13.0 Å². The highest BCUT2D eigenvalue weighted by Crippen LogP contribution is 2.31. The maximum atomic E-state index is 14.4. The Balaban J connectivity index is 2.43. The molecule has 0 amide bonds. The molecule has 0 saturated carbocycles. The summed E-state index contributed by atoms with van der Waals surface area (Å²) < 4.78 is 16.0. The molecule has 3 aromatic rings. The Morgan fingerprint density at radius 2 is 2.05 bits per heavy atom. The minimum Gasteiger partial charge on any atom is -0.276 e. The van der Waals surface area contributed by atoms with E-state index in [0.717, 1.165) is 5.56 Å². The zero-order valence-corrected chi connectivity index (χ0v) is 13.0. The lowest BCUT2D eigenvalue weighted by Gasteiger charge is -2.11. The predicted octanol–water partition coefficient (Wildman–Crippen LogP) is 4.82. The molecule has 0 aliphatic heterocycles. The number of imidazole rings is 1. The Kier molecular flexibility index (Phi) is 3.59. The molecule has 0 saturated heterocycles. The van der Waals surface area contributed by atoms with Gasteiger partial charge >= 0.3 is 0 Å². The van der Waals surface area contributed by atoms with Gasteiger partial charge in [0, 0.05) is 6.20 Å². The van der Waals surface area contributed by atoms with Gasteiger partial charge in [-0.1, -0.05) is 17.7 Å². The third-order valence-electron chi connectivity index (χ3n) is 3.30. The first-order chi connectivity index (χ1) is 10.0. The van der Waals surface area contributed by atoms with Gasteiger partial charge in [0.15, 0.2) is 11.5 Å². The van der Waals surface area contributed by atoms with E-state index in [4.69, 9.17) is 23.2 Å². The number of benzene rings is 1. The molecular formula is C15H12Cl2FN3. The van der Waals surface area contributed by atoms with E-state index in [9.17, 15) is 4.39 Å². The summed E-state index contributed by atoms with van der Waals surface area (Å²) in [6.45, 7) is 3.72. The van der Waals surface area contributed by atoms with Crippen LogP contribution < -0.4 is 0 Å². The molecule has 1 unspecified atom stereocenters. The number of aromatic nitrogens is 3. The predicted molar refractivity (Wildman–Crippen MR) is 82.8 cm³/mol. The van der Waals surface area contributed by atoms with Crippen LogP contribution in [0.15, 0.2) is 30.5 Å². The fourth-order valence-corrected chi connectivity index (χ4v) is 2.60. The maximum absolute atomic E-state index is 14.4. The van der Waals surface area contributed by atoms with Gasteiger partial charge in [0.1, 0.15) is 11.3 Å². The molecule has 3 nitrogen and oxygen atoms in total. The molecule has 21 heavy (non-hydrogen) atoms. The van der Waals surface area contributed by atoms with Gasteiger partial charge in [-0.05, 0) is 37.6 Å². The van der Waals surface area contributed by atoms with Gasteiger partial charge in [0.25, 0.3) is 0 Å². The Labute approximate surface area is 131 Å². The van der Waals surface area contributed by atoms with Crippen molar-refractivity contribution in [1.82, 2.24) is 14.5 Å². The lowest BCUT2D eigenvalue weighted by molar-refractivity contribution is 0.616. The van der Waals surface area contributed by atoms with Crippen LogP contribution in [-0.2, 0) is 0 Å². The molecule has 0 aliphatic rings. The first-order valence-electron chi connectivity index (χ1n) is 6.43. The van der Waals surface area contributed by atoms with E-state index in [1.54, 1.807) is 29.8 Å². The minimum atomic E-state index is -0.514. The minimum absolute atomic E-state index is 0.0511. The van der Waals surface area contributed by atoms with Crippen LogP contribution in [0.5, 0.6) is 0 Å². The van der Waals surface area contributed by atoms with Crippen LogP contribution in [-0.4, -0.2) is 14.5 Å². The number of hydrogen-bond donors (Lipinski definition) is 0. The number of nitrogens with zero attached hydrogens (tertiary/aromatic N) is 3. The van der Waals surface area contributed by atoms with E-state index >= 15 is 0 Å². The van der Waals surface area contributed by atoms with Crippen molar-refractivity contribution in [3.8, 4) is 5.69 Å². The molecule has 0 spiro atoms. The second kappa shape index (κ2) is 5.28. The molecule has 3 rings (SSSR count). The number of pyridine rings is 1. The Hall–Kier alpha value is -1.65. The lowest BCUT2D eigenvalue weighted by atomic mass is 10.2. The molecule has 2 heterocycles. The monoisotopic (exact) mass is 323 g/mol. The lowest BCUT2D eigenvalue weighted by Crippen LogP contribution is -2.05. The Morgan fingerprint density at radius 3 is 2.76 bits per heavy atom. The van der Waals surface area contributed by atoms with Gasteiger partial charge in [-0.2, -0.15) is 0 Å². The second-order valence-electron chi connectivity index (χ2n) is 4.79. The van der Waals surface area contributed by atoms with Gasteiger partial charge in [-0.25, -0.2) is 14.4 Å². The fourth-order valence-electron chi connectivity index (χ4n) is 2.28. The molecule has 6 heteroatoms. The van der Waals surface area contributed by atoms with Crippen LogP contribution in [0.3, 0.4) is 0 Å². The molecule has 0 fully saturated rings. The van der Waals surface area contributed by atoms with Crippen LogP contribution in [0.4, 0.5) is 4.39 Å². The molecule has 1 aromatic carbocycles. The normalized spacial score (nSPS) is 12.8. The van der Waals surface area contributed by atoms with Crippen molar-refractivity contribution in [2.75, 3.05) is 0 Å². The van der Waals surface area contributed by atoms with E-state index in [0.29, 0.717) is 22.7 Å². The molecule has 0 radical (unpaired) electrons. The number of fused-ring (bicyclic) bond motifs is 1. The number of alkyl halides is 1. The van der Waals surface area contributed by atoms with Crippen molar-refractivity contribution in [3.63, 3.8) is 0 Å². The van der Waals surface area contributed by atoms with Crippen LogP contribution in [0.2, 0.25) is 5.02 Å². The highest BCUT2D eigenvalue weighted by atomic mass is 35.5. The van der Waals surface area contributed by atoms with Gasteiger partial charge in [0.05, 0.1) is 16.1 Å². The average molecular weight is 324 g/mol. The summed E-state index contributed by atoms with van der Waals surface area (Å²) >= 11 is 12.1. The number of hydrogen-bond acceptors (Lipinski definition) is 2. The van der Waals surface area contributed by atoms with Crippen molar-refractivity contribution in [2.24, 2.45) is 0 Å². The molecule has 108 valence electrons. The first kappa shape index (κ1) is 14.3. The van der Waals surface area contributed by atoms with Crippen molar-refractivity contribution in [2.45, 2.75) is 19.2 Å². The molecule has 2 aromatic heterocycles. The summed E-state index contributed by atoms with van der Waals surface area (Å²) in [5, 5.41) is -0.341. The zero-order valence-electron chi connectivity index (χ0n) is 11.4. The van der Waals surface area contributed by atoms with Crippen molar-refractivity contribution >= 4 is 34.4 Å². The number of halogens is 3. The number of aryl methyl sites for hydroxylation is 1. The molecule has 0 N–H and O–H groups in total. The maximum Gasteiger partial charge on any atom is 0.165 e. The van der Waals surface area contributed by atoms with Gasteiger partial charge < -0.3 is 0 Å². The average Bonchev–Trinajstić information content (AvgIpc) is 2.83. The quantitative estimate of drug-likeness (QED) is 0.633.